The van der Waals surface area contributed by atoms with Gasteiger partial charge in [0.2, 0.25) is 0 Å². The third kappa shape index (κ3) is 3.11. The highest BCUT2D eigenvalue weighted by molar-refractivity contribution is 7.21. The minimum Gasteiger partial charge on any atom is -0.464 e. The molecule has 1 amide bonds. The number of hydrogen-bond acceptors (Lipinski definition) is 4. The van der Waals surface area contributed by atoms with Gasteiger partial charge in [-0.1, -0.05) is 35.9 Å². The van der Waals surface area contributed by atoms with E-state index in [0.717, 1.165) is 15.8 Å². The van der Waals surface area contributed by atoms with E-state index in [9.17, 15) is 4.79 Å². The molecular weight excluding hydrogens is 368 g/mol. The van der Waals surface area contributed by atoms with E-state index in [4.69, 9.17) is 16.0 Å². The average Bonchev–Trinajstić information content (AvgIpc) is 3.23. The lowest BCUT2D eigenvalue weighted by Gasteiger charge is -2.20. The number of furan rings is 1. The Morgan fingerprint density at radius 3 is 2.65 bits per heavy atom. The van der Waals surface area contributed by atoms with E-state index in [2.05, 4.69) is 4.98 Å². The van der Waals surface area contributed by atoms with E-state index in [1.807, 2.05) is 55.5 Å². The fourth-order valence-corrected chi connectivity index (χ4v) is 4.23. The Bertz CT molecular complexity index is 1070. The molecule has 1 aromatic carbocycles. The number of amides is 1. The smallest absolute Gasteiger partial charge is 0.271 e. The highest BCUT2D eigenvalue weighted by Crippen LogP contribution is 2.36. The summed E-state index contributed by atoms with van der Waals surface area (Å²) in [4.78, 5) is 19.7. The molecule has 0 saturated heterocycles. The van der Waals surface area contributed by atoms with Crippen LogP contribution in [0.1, 0.15) is 21.2 Å². The first-order chi connectivity index (χ1) is 12.6. The van der Waals surface area contributed by atoms with E-state index < -0.39 is 0 Å². The molecule has 0 aliphatic heterocycles. The van der Waals surface area contributed by atoms with Crippen molar-refractivity contribution < 1.29 is 9.21 Å². The second-order valence-corrected chi connectivity index (χ2v) is 7.26. The van der Waals surface area contributed by atoms with E-state index >= 15 is 0 Å². The predicted octanol–water partition coefficient (Wildman–Crippen LogP) is 5.70. The number of aromatic nitrogens is 1. The number of nitrogens with zero attached hydrogens (tertiary/aromatic N) is 2. The average molecular weight is 383 g/mol. The van der Waals surface area contributed by atoms with Gasteiger partial charge in [-0.05, 0) is 37.3 Å². The number of carbonyl (C=O) groups is 1. The summed E-state index contributed by atoms with van der Waals surface area (Å²) in [6, 6.07) is 16.9. The second kappa shape index (κ2) is 6.94. The fourth-order valence-electron chi connectivity index (χ4n) is 2.77. The number of carbonyl (C=O) groups excluding carboxylic acids is 1. The van der Waals surface area contributed by atoms with Gasteiger partial charge >= 0.3 is 0 Å². The molecule has 4 nitrogen and oxygen atoms in total. The molecule has 0 spiro atoms. The van der Waals surface area contributed by atoms with Crippen molar-refractivity contribution in [1.29, 1.82) is 0 Å². The summed E-state index contributed by atoms with van der Waals surface area (Å²) in [5.41, 5.74) is 0. The first-order valence-corrected chi connectivity index (χ1v) is 9.28. The number of hydrogen-bond donors (Lipinski definition) is 0. The van der Waals surface area contributed by atoms with E-state index in [1.165, 1.54) is 11.3 Å². The zero-order valence-corrected chi connectivity index (χ0v) is 15.6. The molecule has 0 unspecified atom stereocenters. The number of pyridine rings is 1. The third-order valence-electron chi connectivity index (χ3n) is 4.01. The van der Waals surface area contributed by atoms with Crippen LogP contribution >= 0.6 is 22.9 Å². The van der Waals surface area contributed by atoms with Gasteiger partial charge in [0.25, 0.3) is 5.91 Å². The van der Waals surface area contributed by atoms with Crippen LogP contribution in [0.2, 0.25) is 5.02 Å². The summed E-state index contributed by atoms with van der Waals surface area (Å²) >= 11 is 7.90. The molecule has 0 aliphatic carbocycles. The maximum atomic E-state index is 13.3. The van der Waals surface area contributed by atoms with Gasteiger partial charge in [0.1, 0.15) is 22.2 Å². The normalized spacial score (nSPS) is 11.0. The van der Waals surface area contributed by atoms with Crippen LogP contribution in [0.3, 0.4) is 0 Å². The van der Waals surface area contributed by atoms with Crippen molar-refractivity contribution in [2.24, 2.45) is 0 Å². The first-order valence-electron chi connectivity index (χ1n) is 8.09. The quantitative estimate of drug-likeness (QED) is 0.455. The molecule has 6 heteroatoms. The van der Waals surface area contributed by atoms with Crippen LogP contribution in [0.4, 0.5) is 5.82 Å². The Morgan fingerprint density at radius 1 is 1.15 bits per heavy atom. The van der Waals surface area contributed by atoms with Crippen molar-refractivity contribution in [3.05, 3.63) is 82.2 Å². The zero-order chi connectivity index (χ0) is 18.1. The Morgan fingerprint density at radius 2 is 1.96 bits per heavy atom. The molecule has 3 aromatic heterocycles. The van der Waals surface area contributed by atoms with E-state index in [1.54, 1.807) is 17.2 Å². The van der Waals surface area contributed by atoms with Crippen LogP contribution in [-0.4, -0.2) is 10.9 Å². The molecule has 3 heterocycles. The number of rotatable bonds is 4. The Hall–Kier alpha value is -2.63. The van der Waals surface area contributed by atoms with Crippen molar-refractivity contribution in [3.8, 4) is 0 Å². The predicted molar refractivity (Wildman–Crippen MR) is 105 cm³/mol. The lowest BCUT2D eigenvalue weighted by molar-refractivity contribution is 0.0986. The Labute approximate surface area is 159 Å². The van der Waals surface area contributed by atoms with Crippen LogP contribution in [0, 0.1) is 6.92 Å². The second-order valence-electron chi connectivity index (χ2n) is 5.83. The van der Waals surface area contributed by atoms with Gasteiger partial charge in [-0.25, -0.2) is 4.98 Å². The molecule has 4 rings (SSSR count). The standard InChI is InChI=1S/C20H15ClN2O2S/c1-13-9-10-14(25-13)12-23(17-8-4-5-11-22-17)20(24)19-18(21)15-6-2-3-7-16(15)26-19/h2-11H,12H2,1H3. The number of fused-ring (bicyclic) bond motifs is 1. The van der Waals surface area contributed by atoms with Crippen LogP contribution in [-0.2, 0) is 6.54 Å². The highest BCUT2D eigenvalue weighted by atomic mass is 35.5. The SMILES string of the molecule is Cc1ccc(CN(C(=O)c2sc3ccccc3c2Cl)c2ccccn2)o1. The van der Waals surface area contributed by atoms with Gasteiger partial charge in [-0.3, -0.25) is 9.69 Å². The summed E-state index contributed by atoms with van der Waals surface area (Å²) in [6.07, 6.45) is 1.66. The van der Waals surface area contributed by atoms with Crippen molar-refractivity contribution in [1.82, 2.24) is 4.98 Å². The van der Waals surface area contributed by atoms with E-state index in [-0.39, 0.29) is 12.5 Å². The Kier molecular flexibility index (Phi) is 4.49. The number of benzene rings is 1. The molecule has 0 bridgehead atoms. The van der Waals surface area contributed by atoms with Gasteiger partial charge in [0, 0.05) is 16.3 Å². The number of thiophene rings is 1. The molecular formula is C20H15ClN2O2S. The number of anilines is 1. The molecule has 0 radical (unpaired) electrons. The molecule has 130 valence electrons. The van der Waals surface area contributed by atoms with E-state index in [0.29, 0.717) is 21.5 Å². The summed E-state index contributed by atoms with van der Waals surface area (Å²) in [6.45, 7) is 2.16. The molecule has 0 fully saturated rings. The summed E-state index contributed by atoms with van der Waals surface area (Å²) in [5.74, 6) is 1.86. The van der Waals surface area contributed by atoms with Crippen LogP contribution in [0.25, 0.3) is 10.1 Å². The fraction of sp³-hybridized carbons (Fsp3) is 0.100. The molecule has 0 saturated carbocycles. The molecule has 0 aliphatic rings. The third-order valence-corrected chi connectivity index (χ3v) is 5.67. The maximum Gasteiger partial charge on any atom is 0.271 e. The largest absolute Gasteiger partial charge is 0.464 e. The molecule has 26 heavy (non-hydrogen) atoms. The van der Waals surface area contributed by atoms with Gasteiger partial charge < -0.3 is 4.42 Å². The zero-order valence-electron chi connectivity index (χ0n) is 14.0. The maximum absolute atomic E-state index is 13.3. The molecule has 0 atom stereocenters. The number of aryl methyl sites for hydroxylation is 1. The van der Waals surface area contributed by atoms with Gasteiger partial charge in [0.05, 0.1) is 11.6 Å². The minimum atomic E-state index is -0.191. The topological polar surface area (TPSA) is 46.3 Å². The van der Waals surface area contributed by atoms with Crippen molar-refractivity contribution >= 4 is 44.7 Å². The first kappa shape index (κ1) is 16.8. The van der Waals surface area contributed by atoms with Gasteiger partial charge in [0.15, 0.2) is 0 Å². The van der Waals surface area contributed by atoms with Gasteiger partial charge in [-0.15, -0.1) is 11.3 Å². The summed E-state index contributed by atoms with van der Waals surface area (Å²) in [5, 5.41) is 1.37. The van der Waals surface area contributed by atoms with Crippen molar-refractivity contribution in [2.45, 2.75) is 13.5 Å². The van der Waals surface area contributed by atoms with Crippen molar-refractivity contribution in [3.63, 3.8) is 0 Å². The van der Waals surface area contributed by atoms with Crippen molar-refractivity contribution in [2.75, 3.05) is 4.90 Å². The highest BCUT2D eigenvalue weighted by Gasteiger charge is 2.25. The molecule has 4 aromatic rings. The molecule has 0 N–H and O–H groups in total. The monoisotopic (exact) mass is 382 g/mol. The summed E-state index contributed by atoms with van der Waals surface area (Å²) in [7, 11) is 0. The lowest BCUT2D eigenvalue weighted by Crippen LogP contribution is -2.30. The Balaban J connectivity index is 1.77. The summed E-state index contributed by atoms with van der Waals surface area (Å²) < 4.78 is 6.64. The lowest BCUT2D eigenvalue weighted by atomic mass is 10.2. The van der Waals surface area contributed by atoms with Gasteiger partial charge in [-0.2, -0.15) is 0 Å². The van der Waals surface area contributed by atoms with Crippen LogP contribution < -0.4 is 4.90 Å². The van der Waals surface area contributed by atoms with Crippen LogP contribution in [0.15, 0.2) is 65.2 Å². The number of halogens is 1. The minimum absolute atomic E-state index is 0.191. The van der Waals surface area contributed by atoms with Crippen LogP contribution in [0.5, 0.6) is 0 Å².